The van der Waals surface area contributed by atoms with E-state index < -0.39 is 0 Å². The zero-order valence-electron chi connectivity index (χ0n) is 10.2. The van der Waals surface area contributed by atoms with Crippen molar-refractivity contribution < 1.29 is 14.2 Å². The van der Waals surface area contributed by atoms with E-state index in [1.54, 1.807) is 6.20 Å². The molecule has 19 heavy (non-hydrogen) atoms. The highest BCUT2D eigenvalue weighted by Crippen LogP contribution is 2.32. The fourth-order valence-electron chi connectivity index (χ4n) is 1.74. The van der Waals surface area contributed by atoms with Crippen molar-refractivity contribution >= 4 is 5.82 Å². The van der Waals surface area contributed by atoms with Crippen LogP contribution in [0.1, 0.15) is 11.3 Å². The standard InChI is InChI=1S/C13H13N3O3/c14-13-5-15-10(4-16-13)7-17-6-9-1-2-11-12(3-9)19-8-18-11/h1-5H,6-8H2,(H2,14,16). The van der Waals surface area contributed by atoms with E-state index in [0.717, 1.165) is 22.8 Å². The van der Waals surface area contributed by atoms with Crippen LogP contribution in [0.2, 0.25) is 0 Å². The van der Waals surface area contributed by atoms with Crippen molar-refractivity contribution in [2.75, 3.05) is 12.5 Å². The molecule has 98 valence electrons. The molecule has 0 fully saturated rings. The molecule has 0 saturated carbocycles. The molecule has 0 saturated heterocycles. The number of fused-ring (bicyclic) bond motifs is 1. The van der Waals surface area contributed by atoms with Gasteiger partial charge in [0.2, 0.25) is 6.79 Å². The van der Waals surface area contributed by atoms with Crippen LogP contribution in [0.25, 0.3) is 0 Å². The van der Waals surface area contributed by atoms with E-state index in [9.17, 15) is 0 Å². The van der Waals surface area contributed by atoms with Gasteiger partial charge in [-0.1, -0.05) is 6.07 Å². The topological polar surface area (TPSA) is 79.5 Å². The van der Waals surface area contributed by atoms with Gasteiger partial charge in [0.05, 0.1) is 31.3 Å². The minimum Gasteiger partial charge on any atom is -0.454 e. The average molecular weight is 259 g/mol. The lowest BCUT2D eigenvalue weighted by Gasteiger charge is -2.05. The highest BCUT2D eigenvalue weighted by atomic mass is 16.7. The SMILES string of the molecule is Nc1cnc(COCc2ccc3c(c2)OCO3)cn1. The van der Waals surface area contributed by atoms with Crippen LogP contribution in [0, 0.1) is 0 Å². The predicted molar refractivity (Wildman–Crippen MR) is 67.5 cm³/mol. The van der Waals surface area contributed by atoms with E-state index in [2.05, 4.69) is 9.97 Å². The second kappa shape index (κ2) is 5.11. The smallest absolute Gasteiger partial charge is 0.231 e. The molecule has 2 N–H and O–H groups in total. The number of hydrogen-bond donors (Lipinski definition) is 1. The van der Waals surface area contributed by atoms with Crippen LogP contribution < -0.4 is 15.2 Å². The quantitative estimate of drug-likeness (QED) is 0.896. The Labute approximate surface area is 110 Å². The van der Waals surface area contributed by atoms with Gasteiger partial charge in [0.25, 0.3) is 0 Å². The van der Waals surface area contributed by atoms with Gasteiger partial charge in [0.1, 0.15) is 5.82 Å². The Balaban J connectivity index is 1.56. The van der Waals surface area contributed by atoms with Gasteiger partial charge in [-0.2, -0.15) is 0 Å². The molecule has 0 atom stereocenters. The molecule has 0 bridgehead atoms. The van der Waals surface area contributed by atoms with Crippen molar-refractivity contribution in [3.05, 3.63) is 41.9 Å². The lowest BCUT2D eigenvalue weighted by molar-refractivity contribution is 0.104. The lowest BCUT2D eigenvalue weighted by Crippen LogP contribution is -1.99. The first-order valence-electron chi connectivity index (χ1n) is 5.84. The zero-order valence-corrected chi connectivity index (χ0v) is 10.2. The lowest BCUT2D eigenvalue weighted by atomic mass is 10.2. The third-order valence-electron chi connectivity index (χ3n) is 2.68. The Hall–Kier alpha value is -2.34. The number of nitrogens with two attached hydrogens (primary N) is 1. The highest BCUT2D eigenvalue weighted by Gasteiger charge is 2.12. The molecule has 2 heterocycles. The molecule has 1 aromatic heterocycles. The van der Waals surface area contributed by atoms with E-state index in [1.165, 1.54) is 6.20 Å². The van der Waals surface area contributed by atoms with Crippen molar-refractivity contribution in [2.45, 2.75) is 13.2 Å². The van der Waals surface area contributed by atoms with Gasteiger partial charge in [-0.3, -0.25) is 4.98 Å². The van der Waals surface area contributed by atoms with E-state index >= 15 is 0 Å². The van der Waals surface area contributed by atoms with Crippen molar-refractivity contribution in [3.63, 3.8) is 0 Å². The van der Waals surface area contributed by atoms with Gasteiger partial charge < -0.3 is 19.9 Å². The minimum atomic E-state index is 0.278. The molecule has 1 aliphatic heterocycles. The first-order chi connectivity index (χ1) is 9.31. The summed E-state index contributed by atoms with van der Waals surface area (Å²) < 4.78 is 16.1. The number of nitrogen functional groups attached to an aromatic ring is 1. The molecular weight excluding hydrogens is 246 g/mol. The molecule has 0 aliphatic carbocycles. The molecule has 2 aromatic rings. The molecule has 0 radical (unpaired) electrons. The Morgan fingerprint density at radius 2 is 2.00 bits per heavy atom. The van der Waals surface area contributed by atoms with E-state index in [0.29, 0.717) is 19.0 Å². The second-order valence-corrected chi connectivity index (χ2v) is 4.11. The molecule has 6 heteroatoms. The number of nitrogens with zero attached hydrogens (tertiary/aromatic N) is 2. The molecule has 6 nitrogen and oxygen atoms in total. The van der Waals surface area contributed by atoms with Gasteiger partial charge in [0.15, 0.2) is 11.5 Å². The first-order valence-corrected chi connectivity index (χ1v) is 5.84. The number of benzene rings is 1. The fraction of sp³-hybridized carbons (Fsp3) is 0.231. The molecule has 0 spiro atoms. The summed E-state index contributed by atoms with van der Waals surface area (Å²) in [4.78, 5) is 8.06. The maximum absolute atomic E-state index is 5.57. The summed E-state index contributed by atoms with van der Waals surface area (Å²) in [5.41, 5.74) is 7.22. The molecule has 0 amide bonds. The number of ether oxygens (including phenoxy) is 3. The maximum Gasteiger partial charge on any atom is 0.231 e. The first kappa shape index (κ1) is 11.7. The number of rotatable bonds is 4. The van der Waals surface area contributed by atoms with Gasteiger partial charge >= 0.3 is 0 Å². The Kier molecular flexibility index (Phi) is 3.16. The van der Waals surface area contributed by atoms with E-state index in [1.807, 2.05) is 18.2 Å². The maximum atomic E-state index is 5.57. The third-order valence-corrected chi connectivity index (χ3v) is 2.68. The van der Waals surface area contributed by atoms with Gasteiger partial charge in [-0.25, -0.2) is 4.98 Å². The van der Waals surface area contributed by atoms with Crippen LogP contribution in [-0.4, -0.2) is 16.8 Å². The fourth-order valence-corrected chi connectivity index (χ4v) is 1.74. The van der Waals surface area contributed by atoms with E-state index in [-0.39, 0.29) is 6.79 Å². The average Bonchev–Trinajstić information content (AvgIpc) is 2.88. The van der Waals surface area contributed by atoms with Crippen LogP contribution >= 0.6 is 0 Å². The van der Waals surface area contributed by atoms with Crippen molar-refractivity contribution in [1.82, 2.24) is 9.97 Å². The van der Waals surface area contributed by atoms with Crippen LogP contribution in [0.15, 0.2) is 30.6 Å². The summed E-state index contributed by atoms with van der Waals surface area (Å²) >= 11 is 0. The highest BCUT2D eigenvalue weighted by molar-refractivity contribution is 5.44. The Bertz CT molecular complexity index is 572. The van der Waals surface area contributed by atoms with Crippen LogP contribution in [0.3, 0.4) is 0 Å². The Morgan fingerprint density at radius 1 is 1.11 bits per heavy atom. The molecule has 0 unspecified atom stereocenters. The van der Waals surface area contributed by atoms with Gasteiger partial charge in [-0.15, -0.1) is 0 Å². The van der Waals surface area contributed by atoms with Gasteiger partial charge in [-0.05, 0) is 17.7 Å². The number of anilines is 1. The Morgan fingerprint density at radius 3 is 2.84 bits per heavy atom. The minimum absolute atomic E-state index is 0.278. The molecule has 1 aromatic carbocycles. The van der Waals surface area contributed by atoms with Crippen molar-refractivity contribution in [1.29, 1.82) is 0 Å². The number of aromatic nitrogens is 2. The van der Waals surface area contributed by atoms with Crippen LogP contribution in [0.4, 0.5) is 5.82 Å². The normalized spacial score (nSPS) is 12.6. The summed E-state index contributed by atoms with van der Waals surface area (Å²) in [6, 6.07) is 5.74. The molecule has 3 rings (SSSR count). The molecule has 1 aliphatic rings. The summed E-state index contributed by atoms with van der Waals surface area (Å²) in [5, 5.41) is 0. The van der Waals surface area contributed by atoms with Crippen LogP contribution in [0.5, 0.6) is 11.5 Å². The second-order valence-electron chi connectivity index (χ2n) is 4.11. The summed E-state index contributed by atoms with van der Waals surface area (Å²) in [7, 11) is 0. The monoisotopic (exact) mass is 259 g/mol. The summed E-state index contributed by atoms with van der Waals surface area (Å²) in [6.45, 7) is 1.14. The summed E-state index contributed by atoms with van der Waals surface area (Å²) in [6.07, 6.45) is 3.12. The molecular formula is C13H13N3O3. The van der Waals surface area contributed by atoms with Crippen LogP contribution in [-0.2, 0) is 18.0 Å². The van der Waals surface area contributed by atoms with Crippen molar-refractivity contribution in [3.8, 4) is 11.5 Å². The van der Waals surface area contributed by atoms with Gasteiger partial charge in [0, 0.05) is 0 Å². The number of hydrogen-bond acceptors (Lipinski definition) is 6. The van der Waals surface area contributed by atoms with E-state index in [4.69, 9.17) is 19.9 Å². The third kappa shape index (κ3) is 2.74. The summed E-state index contributed by atoms with van der Waals surface area (Å²) in [5.74, 6) is 1.93. The zero-order chi connectivity index (χ0) is 13.1. The van der Waals surface area contributed by atoms with Crippen molar-refractivity contribution in [2.24, 2.45) is 0 Å². The largest absolute Gasteiger partial charge is 0.454 e. The predicted octanol–water partition coefficient (Wildman–Crippen LogP) is 1.50.